The van der Waals surface area contributed by atoms with E-state index in [2.05, 4.69) is 30.9 Å². The molecule has 2 amide bonds. The average Bonchev–Trinajstić information content (AvgIpc) is 2.62. The summed E-state index contributed by atoms with van der Waals surface area (Å²) in [6.07, 6.45) is 1.60. The van der Waals surface area contributed by atoms with E-state index in [1.165, 1.54) is 0 Å². The largest absolute Gasteiger partial charge is 0.495 e. The number of anilines is 4. The molecule has 3 rings (SSSR count). The van der Waals surface area contributed by atoms with Gasteiger partial charge in [-0.15, -0.1) is 0 Å². The van der Waals surface area contributed by atoms with Crippen LogP contribution in [0.15, 0.2) is 36.5 Å². The molecule has 0 fully saturated rings. The molecule has 0 radical (unpaired) electrons. The second-order valence-corrected chi connectivity index (χ2v) is 5.36. The average molecular weight is 353 g/mol. The van der Waals surface area contributed by atoms with Gasteiger partial charge in [0.2, 0.25) is 0 Å². The lowest BCUT2D eigenvalue weighted by Gasteiger charge is -2.10. The minimum Gasteiger partial charge on any atom is -0.495 e. The number of aromatic nitrogens is 3. The number of benzene rings is 1. The van der Waals surface area contributed by atoms with Crippen molar-refractivity contribution in [2.45, 2.75) is 6.92 Å². The second-order valence-electron chi connectivity index (χ2n) is 5.36. The van der Waals surface area contributed by atoms with Crippen LogP contribution in [0.25, 0.3) is 11.2 Å². The first-order valence-electron chi connectivity index (χ1n) is 7.98. The minimum absolute atomic E-state index is 0.324. The van der Waals surface area contributed by atoms with E-state index in [-0.39, 0.29) is 6.03 Å². The molecule has 0 spiro atoms. The van der Waals surface area contributed by atoms with Crippen molar-refractivity contribution < 1.29 is 9.53 Å². The number of amides is 2. The number of hydrogen-bond donors (Lipinski definition) is 4. The van der Waals surface area contributed by atoms with Crippen molar-refractivity contribution in [2.75, 3.05) is 30.0 Å². The van der Waals surface area contributed by atoms with Crippen molar-refractivity contribution in [2.24, 2.45) is 0 Å². The lowest BCUT2D eigenvalue weighted by atomic mass is 10.2. The molecule has 0 aliphatic carbocycles. The van der Waals surface area contributed by atoms with Crippen molar-refractivity contribution in [3.63, 3.8) is 0 Å². The number of fused-ring (bicyclic) bond motifs is 1. The summed E-state index contributed by atoms with van der Waals surface area (Å²) in [5.74, 6) is 1.50. The number of pyridine rings is 1. The van der Waals surface area contributed by atoms with Gasteiger partial charge in [-0.25, -0.2) is 19.7 Å². The predicted octanol–water partition coefficient (Wildman–Crippen LogP) is 2.50. The molecule has 9 heteroatoms. The predicted molar refractivity (Wildman–Crippen MR) is 101 cm³/mol. The fourth-order valence-corrected chi connectivity index (χ4v) is 2.31. The summed E-state index contributed by atoms with van der Waals surface area (Å²) in [5.41, 5.74) is 8.19. The van der Waals surface area contributed by atoms with Gasteiger partial charge < -0.3 is 21.1 Å². The topological polar surface area (TPSA) is 127 Å². The van der Waals surface area contributed by atoms with Crippen LogP contribution < -0.4 is 26.4 Å². The Bertz CT molecular complexity index is 946. The number of hydrogen-bond acceptors (Lipinski definition) is 7. The van der Waals surface area contributed by atoms with E-state index in [1.807, 2.05) is 13.0 Å². The van der Waals surface area contributed by atoms with Crippen LogP contribution in [-0.2, 0) is 0 Å². The summed E-state index contributed by atoms with van der Waals surface area (Å²) in [6, 6.07) is 8.41. The van der Waals surface area contributed by atoms with Gasteiger partial charge in [0.05, 0.1) is 19.0 Å². The maximum Gasteiger partial charge on any atom is 0.320 e. The van der Waals surface area contributed by atoms with Crippen molar-refractivity contribution in [1.29, 1.82) is 0 Å². The molecule has 0 atom stereocenters. The van der Waals surface area contributed by atoms with Crippen LogP contribution in [0, 0.1) is 0 Å². The zero-order valence-corrected chi connectivity index (χ0v) is 14.4. The van der Waals surface area contributed by atoms with Gasteiger partial charge in [0.25, 0.3) is 0 Å². The highest BCUT2D eigenvalue weighted by molar-refractivity contribution is 5.89. The zero-order valence-electron chi connectivity index (χ0n) is 14.4. The third-order valence-corrected chi connectivity index (χ3v) is 3.49. The molecule has 2 heterocycles. The number of nitrogens with two attached hydrogens (primary N) is 1. The highest BCUT2D eigenvalue weighted by Crippen LogP contribution is 2.26. The van der Waals surface area contributed by atoms with Crippen molar-refractivity contribution in [3.05, 3.63) is 36.5 Å². The summed E-state index contributed by atoms with van der Waals surface area (Å²) in [6.45, 7) is 2.36. The standard InChI is InChI=1S/C17H19N7O2/c1-3-19-17(25)24-14-7-5-12-16(22-14)23-15(9-20-12)21-10-4-6-13(26-2)11(18)8-10/h4-9H,3,18H2,1-2H3,(H3,19,21,22,23,24,25). The molecule has 2 aromatic heterocycles. The number of nitrogens with one attached hydrogen (secondary N) is 3. The van der Waals surface area contributed by atoms with Gasteiger partial charge in [-0.05, 0) is 37.3 Å². The van der Waals surface area contributed by atoms with E-state index in [9.17, 15) is 4.79 Å². The van der Waals surface area contributed by atoms with E-state index in [0.717, 1.165) is 5.69 Å². The second kappa shape index (κ2) is 7.51. The Morgan fingerprint density at radius 1 is 1.19 bits per heavy atom. The summed E-state index contributed by atoms with van der Waals surface area (Å²) in [5, 5.41) is 8.40. The molecule has 0 aliphatic heterocycles. The number of ether oxygens (including phenoxy) is 1. The van der Waals surface area contributed by atoms with Crippen LogP contribution in [0.2, 0.25) is 0 Å². The summed E-state index contributed by atoms with van der Waals surface area (Å²) >= 11 is 0. The Hall–Kier alpha value is -3.62. The van der Waals surface area contributed by atoms with Crippen LogP contribution in [0.4, 0.5) is 27.8 Å². The summed E-state index contributed by atoms with van der Waals surface area (Å²) in [7, 11) is 1.56. The summed E-state index contributed by atoms with van der Waals surface area (Å²) < 4.78 is 5.14. The lowest BCUT2D eigenvalue weighted by molar-refractivity contribution is 0.252. The van der Waals surface area contributed by atoms with Gasteiger partial charge >= 0.3 is 6.03 Å². The van der Waals surface area contributed by atoms with Crippen molar-refractivity contribution >= 4 is 40.2 Å². The molecule has 9 nitrogen and oxygen atoms in total. The third-order valence-electron chi connectivity index (χ3n) is 3.49. The number of nitrogen functional groups attached to an aromatic ring is 1. The van der Waals surface area contributed by atoms with Crippen LogP contribution in [0.3, 0.4) is 0 Å². The molecule has 0 unspecified atom stereocenters. The van der Waals surface area contributed by atoms with Crippen LogP contribution in [0.5, 0.6) is 5.75 Å². The van der Waals surface area contributed by atoms with Crippen LogP contribution >= 0.6 is 0 Å². The van der Waals surface area contributed by atoms with E-state index in [4.69, 9.17) is 10.5 Å². The van der Waals surface area contributed by atoms with Crippen LogP contribution in [-0.4, -0.2) is 34.6 Å². The van der Waals surface area contributed by atoms with Crippen LogP contribution in [0.1, 0.15) is 6.92 Å². The van der Waals surface area contributed by atoms with Gasteiger partial charge in [0.15, 0.2) is 11.5 Å². The molecule has 0 bridgehead atoms. The number of rotatable bonds is 5. The van der Waals surface area contributed by atoms with Gasteiger partial charge in [0, 0.05) is 12.2 Å². The quantitative estimate of drug-likeness (QED) is 0.519. The van der Waals surface area contributed by atoms with E-state index >= 15 is 0 Å². The smallest absolute Gasteiger partial charge is 0.320 e. The Morgan fingerprint density at radius 2 is 2.00 bits per heavy atom. The fraction of sp³-hybridized carbons (Fsp3) is 0.176. The number of urea groups is 1. The molecular weight excluding hydrogens is 334 g/mol. The van der Waals surface area contributed by atoms with E-state index < -0.39 is 0 Å². The maximum atomic E-state index is 11.6. The zero-order chi connectivity index (χ0) is 18.5. The fourth-order valence-electron chi connectivity index (χ4n) is 2.31. The molecule has 134 valence electrons. The molecule has 1 aromatic carbocycles. The lowest BCUT2D eigenvalue weighted by Crippen LogP contribution is -2.28. The molecule has 26 heavy (non-hydrogen) atoms. The van der Waals surface area contributed by atoms with E-state index in [1.54, 1.807) is 37.6 Å². The third kappa shape index (κ3) is 3.89. The highest BCUT2D eigenvalue weighted by Gasteiger charge is 2.07. The normalized spacial score (nSPS) is 10.4. The Balaban J connectivity index is 1.83. The Morgan fingerprint density at radius 3 is 2.73 bits per heavy atom. The minimum atomic E-state index is -0.324. The van der Waals surface area contributed by atoms with Gasteiger partial charge in [-0.2, -0.15) is 0 Å². The molecule has 5 N–H and O–H groups in total. The molecule has 0 saturated heterocycles. The Labute approximate surface area is 150 Å². The van der Waals surface area contributed by atoms with Gasteiger partial charge in [-0.1, -0.05) is 0 Å². The van der Waals surface area contributed by atoms with E-state index in [0.29, 0.717) is 40.8 Å². The molecular formula is C17H19N7O2. The molecule has 3 aromatic rings. The molecule has 0 aliphatic rings. The van der Waals surface area contributed by atoms with Gasteiger partial charge in [0.1, 0.15) is 17.1 Å². The van der Waals surface area contributed by atoms with Crippen molar-refractivity contribution in [1.82, 2.24) is 20.3 Å². The monoisotopic (exact) mass is 353 g/mol. The first kappa shape index (κ1) is 17.2. The highest BCUT2D eigenvalue weighted by atomic mass is 16.5. The Kier molecular flexibility index (Phi) is 4.97. The first-order valence-corrected chi connectivity index (χ1v) is 7.98. The maximum absolute atomic E-state index is 11.6. The number of carbonyl (C=O) groups is 1. The SMILES string of the molecule is CCNC(=O)Nc1ccc2ncc(Nc3ccc(OC)c(N)c3)nc2n1. The van der Waals surface area contributed by atoms with Gasteiger partial charge in [-0.3, -0.25) is 5.32 Å². The molecule has 0 saturated carbocycles. The number of nitrogens with zero attached hydrogens (tertiary/aromatic N) is 3. The van der Waals surface area contributed by atoms with Crippen molar-refractivity contribution in [3.8, 4) is 5.75 Å². The number of carbonyl (C=O) groups excluding carboxylic acids is 1. The number of methoxy groups -OCH3 is 1. The first-order chi connectivity index (χ1) is 12.6. The summed E-state index contributed by atoms with van der Waals surface area (Å²) in [4.78, 5) is 24.7.